The van der Waals surface area contributed by atoms with Crippen molar-refractivity contribution in [3.63, 3.8) is 0 Å². The van der Waals surface area contributed by atoms with Crippen LogP contribution in [0.15, 0.2) is 29.1 Å². The number of benzene rings is 1. The zero-order valence-electron chi connectivity index (χ0n) is 28.2. The summed E-state index contributed by atoms with van der Waals surface area (Å²) in [6.07, 6.45) is 1.08. The van der Waals surface area contributed by atoms with Crippen molar-refractivity contribution in [2.45, 2.75) is 65.5 Å². The van der Waals surface area contributed by atoms with E-state index in [1.165, 1.54) is 45.7 Å². The van der Waals surface area contributed by atoms with Crippen molar-refractivity contribution >= 4 is 39.9 Å². The maximum atomic E-state index is 13.9. The predicted octanol–water partition coefficient (Wildman–Crippen LogP) is 5.30. The number of anilines is 2. The molecule has 1 aliphatic carbocycles. The topological polar surface area (TPSA) is 154 Å². The summed E-state index contributed by atoms with van der Waals surface area (Å²) >= 11 is 1.20. The Morgan fingerprint density at radius 3 is 2.26 bits per heavy atom. The lowest BCUT2D eigenvalue weighted by Crippen LogP contribution is -2.39. The Bertz CT molecular complexity index is 1740. The van der Waals surface area contributed by atoms with Crippen LogP contribution in [0.4, 0.5) is 10.8 Å². The molecule has 1 aromatic heterocycles. The molecule has 1 aliphatic rings. The highest BCUT2D eigenvalue weighted by molar-refractivity contribution is 7.16. The maximum absolute atomic E-state index is 13.9. The standard InChI is InChI=1S/C34H42N4O8S/c1-16(2)27(32(41)38-34-37-28(33(42)46-9)31(47-34)17(3)4)36-23-13-11-20-21(15-24(23)40)22(35-18(5)39)12-10-19-14-25(43-6)29(44-7)30(45-8)26(19)20/h11,13-17,22,27H,10,12H2,1-9H3,(H,35,39)(H,36,40)(H,37,38,41)/t22-,27-/m1/s1. The molecule has 2 aromatic carbocycles. The fraction of sp³-hybridized carbons (Fsp3) is 0.441. The van der Waals surface area contributed by atoms with Crippen LogP contribution in [0.1, 0.15) is 79.5 Å². The Hall–Kier alpha value is -4.65. The van der Waals surface area contributed by atoms with Gasteiger partial charge in [0.25, 0.3) is 0 Å². The summed E-state index contributed by atoms with van der Waals surface area (Å²) in [5, 5.41) is 9.22. The number of hydrogen-bond donors (Lipinski definition) is 3. The van der Waals surface area contributed by atoms with E-state index in [0.29, 0.717) is 46.1 Å². The number of methoxy groups -OCH3 is 4. The number of nitrogens with zero attached hydrogens (tertiary/aromatic N) is 1. The Kier molecular flexibility index (Phi) is 11.1. The normalized spacial score (nSPS) is 14.3. The molecule has 1 heterocycles. The van der Waals surface area contributed by atoms with Crippen molar-refractivity contribution in [3.8, 4) is 28.4 Å². The Morgan fingerprint density at radius 2 is 1.68 bits per heavy atom. The number of aryl methyl sites for hydroxylation is 1. The Balaban J connectivity index is 1.80. The van der Waals surface area contributed by atoms with E-state index in [1.807, 2.05) is 33.8 Å². The molecule has 0 saturated heterocycles. The summed E-state index contributed by atoms with van der Waals surface area (Å²) in [5.41, 5.74) is 2.88. The summed E-state index contributed by atoms with van der Waals surface area (Å²) in [6, 6.07) is 5.50. The lowest BCUT2D eigenvalue weighted by atomic mass is 9.95. The molecular formula is C34H42N4O8S. The van der Waals surface area contributed by atoms with E-state index >= 15 is 0 Å². The second-order valence-electron chi connectivity index (χ2n) is 11.8. The number of ether oxygens (including phenoxy) is 4. The first-order valence-electron chi connectivity index (χ1n) is 15.3. The number of carbonyl (C=O) groups is 3. The van der Waals surface area contributed by atoms with Crippen molar-refractivity contribution < 1.29 is 33.3 Å². The molecule has 3 aromatic rings. The van der Waals surface area contributed by atoms with Gasteiger partial charge in [0.15, 0.2) is 22.3 Å². The highest BCUT2D eigenvalue weighted by Crippen LogP contribution is 2.50. The molecule has 0 saturated carbocycles. The molecule has 3 N–H and O–H groups in total. The van der Waals surface area contributed by atoms with E-state index in [0.717, 1.165) is 11.1 Å². The molecule has 0 radical (unpaired) electrons. The second-order valence-corrected chi connectivity index (χ2v) is 12.9. The number of aromatic nitrogens is 1. The minimum Gasteiger partial charge on any atom is -0.493 e. The van der Waals surface area contributed by atoms with E-state index < -0.39 is 24.0 Å². The minimum absolute atomic E-state index is 0.0139. The van der Waals surface area contributed by atoms with Crippen molar-refractivity contribution in [3.05, 3.63) is 56.2 Å². The number of nitrogens with one attached hydrogen (secondary N) is 3. The first-order valence-corrected chi connectivity index (χ1v) is 16.1. The van der Waals surface area contributed by atoms with E-state index in [9.17, 15) is 19.2 Å². The third-order valence-corrected chi connectivity index (χ3v) is 9.23. The van der Waals surface area contributed by atoms with Gasteiger partial charge in [-0.3, -0.25) is 14.4 Å². The van der Waals surface area contributed by atoms with Gasteiger partial charge in [-0.2, -0.15) is 0 Å². The number of thiazole rings is 1. The van der Waals surface area contributed by atoms with Crippen LogP contribution in [0.5, 0.6) is 17.2 Å². The number of amides is 2. The average molecular weight is 667 g/mol. The van der Waals surface area contributed by atoms with E-state index in [4.69, 9.17) is 18.9 Å². The Morgan fingerprint density at radius 1 is 0.979 bits per heavy atom. The summed E-state index contributed by atoms with van der Waals surface area (Å²) in [5.74, 6) is -0.154. The summed E-state index contributed by atoms with van der Waals surface area (Å²) in [6.45, 7) is 9.00. The molecule has 12 nitrogen and oxygen atoms in total. The van der Waals surface area contributed by atoms with Crippen LogP contribution >= 0.6 is 11.3 Å². The quantitative estimate of drug-likeness (QED) is 0.230. The largest absolute Gasteiger partial charge is 0.493 e. The molecule has 2 amide bonds. The van der Waals surface area contributed by atoms with Gasteiger partial charge in [0, 0.05) is 17.4 Å². The molecule has 0 fully saturated rings. The predicted molar refractivity (Wildman–Crippen MR) is 181 cm³/mol. The van der Waals surface area contributed by atoms with Gasteiger partial charge >= 0.3 is 5.97 Å². The molecular weight excluding hydrogens is 624 g/mol. The first-order chi connectivity index (χ1) is 22.3. The fourth-order valence-corrected chi connectivity index (χ4v) is 6.69. The van der Waals surface area contributed by atoms with Gasteiger partial charge < -0.3 is 34.9 Å². The zero-order chi connectivity index (χ0) is 34.6. The number of esters is 1. The maximum Gasteiger partial charge on any atom is 0.357 e. The van der Waals surface area contributed by atoms with E-state index in [1.54, 1.807) is 19.2 Å². The highest BCUT2D eigenvalue weighted by Gasteiger charge is 2.31. The average Bonchev–Trinajstić information content (AvgIpc) is 3.32. The summed E-state index contributed by atoms with van der Waals surface area (Å²) in [4.78, 5) is 57.1. The van der Waals surface area contributed by atoms with Crippen molar-refractivity contribution in [1.82, 2.24) is 10.3 Å². The molecule has 13 heteroatoms. The van der Waals surface area contributed by atoms with Crippen LogP contribution in [-0.4, -0.2) is 57.2 Å². The van der Waals surface area contributed by atoms with Crippen LogP contribution in [-0.2, 0) is 20.7 Å². The number of hydrogen-bond acceptors (Lipinski definition) is 11. The fourth-order valence-electron chi connectivity index (χ4n) is 5.73. The third kappa shape index (κ3) is 7.35. The lowest BCUT2D eigenvalue weighted by molar-refractivity contribution is -0.120. The number of carbonyl (C=O) groups excluding carboxylic acids is 3. The minimum atomic E-state index is -0.838. The molecule has 47 heavy (non-hydrogen) atoms. The zero-order valence-corrected chi connectivity index (χ0v) is 29.0. The van der Waals surface area contributed by atoms with Crippen LogP contribution in [0, 0.1) is 5.92 Å². The highest BCUT2D eigenvalue weighted by atomic mass is 32.1. The monoisotopic (exact) mass is 666 g/mol. The van der Waals surface area contributed by atoms with Crippen molar-refractivity contribution in [1.29, 1.82) is 0 Å². The molecule has 2 atom stereocenters. The summed E-state index contributed by atoms with van der Waals surface area (Å²) < 4.78 is 22.0. The molecule has 0 bridgehead atoms. The molecule has 0 aliphatic heterocycles. The van der Waals surface area contributed by atoms with Crippen molar-refractivity contribution in [2.75, 3.05) is 39.1 Å². The van der Waals surface area contributed by atoms with Gasteiger partial charge in [0.2, 0.25) is 23.0 Å². The number of fused-ring (bicyclic) bond motifs is 3. The first kappa shape index (κ1) is 35.2. The number of rotatable bonds is 11. The molecule has 252 valence electrons. The van der Waals surface area contributed by atoms with Gasteiger partial charge in [0.05, 0.1) is 40.2 Å². The molecule has 0 unspecified atom stereocenters. The lowest BCUT2D eigenvalue weighted by Gasteiger charge is -2.21. The third-order valence-electron chi connectivity index (χ3n) is 7.96. The van der Waals surface area contributed by atoms with Crippen LogP contribution in [0.2, 0.25) is 0 Å². The van der Waals surface area contributed by atoms with Gasteiger partial charge in [0.1, 0.15) is 6.04 Å². The SMILES string of the molecule is COC(=O)c1nc(NC(=O)[C@H](Nc2ccc3c(cc2=O)[C@H](NC(C)=O)CCc2cc(OC)c(OC)c(OC)c2-3)C(C)C)sc1C(C)C. The van der Waals surface area contributed by atoms with Gasteiger partial charge in [-0.15, -0.1) is 11.3 Å². The molecule has 0 spiro atoms. The van der Waals surface area contributed by atoms with Crippen LogP contribution < -0.4 is 35.6 Å². The second kappa shape index (κ2) is 14.8. The van der Waals surface area contributed by atoms with Crippen LogP contribution in [0.3, 0.4) is 0 Å². The van der Waals surface area contributed by atoms with Crippen molar-refractivity contribution in [2.24, 2.45) is 5.92 Å². The summed E-state index contributed by atoms with van der Waals surface area (Å²) in [7, 11) is 5.89. The van der Waals surface area contributed by atoms with Gasteiger partial charge in [-0.05, 0) is 59.6 Å². The van der Waals surface area contributed by atoms with Crippen LogP contribution in [0.25, 0.3) is 11.1 Å². The van der Waals surface area contributed by atoms with E-state index in [-0.39, 0.29) is 39.7 Å². The molecule has 4 rings (SSSR count). The van der Waals surface area contributed by atoms with E-state index in [2.05, 4.69) is 20.9 Å². The Labute approximate surface area is 278 Å². The van der Waals surface area contributed by atoms with Gasteiger partial charge in [-0.25, -0.2) is 9.78 Å². The smallest absolute Gasteiger partial charge is 0.357 e. The van der Waals surface area contributed by atoms with Gasteiger partial charge in [-0.1, -0.05) is 33.8 Å².